The Labute approximate surface area is 87.4 Å². The summed E-state index contributed by atoms with van der Waals surface area (Å²) >= 11 is 0. The normalized spacial score (nSPS) is 11.0. The Bertz CT molecular complexity index is 418. The quantitative estimate of drug-likeness (QED) is 0.464. The zero-order valence-corrected chi connectivity index (χ0v) is 8.59. The molecule has 1 aromatic rings. The molecule has 15 heavy (non-hydrogen) atoms. The second-order valence-corrected chi connectivity index (χ2v) is 4.16. The average molecular weight is 230 g/mol. The fraction of sp³-hybridized carbons (Fsp3) is 0.250. The van der Waals surface area contributed by atoms with Gasteiger partial charge in [-0.3, -0.25) is 4.55 Å². The van der Waals surface area contributed by atoms with Crippen LogP contribution in [0.4, 0.5) is 0 Å². The van der Waals surface area contributed by atoms with E-state index in [0.717, 1.165) is 5.56 Å². The van der Waals surface area contributed by atoms with Gasteiger partial charge in [0, 0.05) is 0 Å². The van der Waals surface area contributed by atoms with Crippen molar-refractivity contribution in [1.82, 2.24) is 4.41 Å². The second kappa shape index (κ2) is 4.85. The predicted octanol–water partition coefficient (Wildman–Crippen LogP) is 1.02. The molecule has 7 heteroatoms. The maximum Gasteiger partial charge on any atom is 0.377 e. The van der Waals surface area contributed by atoms with E-state index >= 15 is 0 Å². The van der Waals surface area contributed by atoms with Gasteiger partial charge in [-0.05, 0) is 12.0 Å². The Morgan fingerprint density at radius 3 is 2.33 bits per heavy atom. The van der Waals surface area contributed by atoms with Crippen LogP contribution in [0.2, 0.25) is 0 Å². The van der Waals surface area contributed by atoms with E-state index in [1.165, 1.54) is 0 Å². The highest BCUT2D eigenvalue weighted by Gasteiger charge is 2.17. The van der Waals surface area contributed by atoms with Gasteiger partial charge in [0.2, 0.25) is 0 Å². The Morgan fingerprint density at radius 2 is 1.87 bits per heavy atom. The van der Waals surface area contributed by atoms with Crippen LogP contribution in [0.1, 0.15) is 5.56 Å². The second-order valence-electron chi connectivity index (χ2n) is 2.84. The van der Waals surface area contributed by atoms with E-state index in [1.807, 2.05) is 6.07 Å². The van der Waals surface area contributed by atoms with Crippen LogP contribution in [0.15, 0.2) is 35.6 Å². The van der Waals surface area contributed by atoms with Crippen LogP contribution in [0.5, 0.6) is 0 Å². The molecule has 0 amide bonds. The van der Waals surface area contributed by atoms with Gasteiger partial charge in [-0.25, -0.2) is 0 Å². The van der Waals surface area contributed by atoms with Crippen LogP contribution in [-0.4, -0.2) is 23.9 Å². The van der Waals surface area contributed by atoms with Gasteiger partial charge in [-0.1, -0.05) is 30.3 Å². The van der Waals surface area contributed by atoms with Crippen LogP contribution >= 0.6 is 0 Å². The van der Waals surface area contributed by atoms with Crippen molar-refractivity contribution in [3.63, 3.8) is 0 Å². The standard InChI is InChI=1S/C8H10N2O4S/c11-9-10(15(12,13)14)7-6-8-4-2-1-3-5-8/h1-5H,6-7H2,(H,12,13,14). The third-order valence-corrected chi connectivity index (χ3v) is 2.57. The lowest BCUT2D eigenvalue weighted by molar-refractivity contribution is 0.361. The zero-order valence-electron chi connectivity index (χ0n) is 7.78. The Hall–Kier alpha value is -1.47. The topological polar surface area (TPSA) is 87.0 Å². The summed E-state index contributed by atoms with van der Waals surface area (Å²) in [5, 5.41) is 2.22. The lowest BCUT2D eigenvalue weighted by atomic mass is 10.2. The summed E-state index contributed by atoms with van der Waals surface area (Å²) in [5.41, 5.74) is 0.856. The molecule has 0 aliphatic heterocycles. The number of benzene rings is 1. The molecule has 0 fully saturated rings. The van der Waals surface area contributed by atoms with Crippen molar-refractivity contribution in [1.29, 1.82) is 0 Å². The van der Waals surface area contributed by atoms with Gasteiger partial charge >= 0.3 is 10.3 Å². The average Bonchev–Trinajstić information content (AvgIpc) is 2.18. The minimum absolute atomic E-state index is 0.111. The minimum atomic E-state index is -4.53. The van der Waals surface area contributed by atoms with E-state index in [1.54, 1.807) is 24.3 Å². The molecular formula is C8H10N2O4S. The molecule has 0 aromatic heterocycles. The lowest BCUT2D eigenvalue weighted by Crippen LogP contribution is -2.26. The Kier molecular flexibility index (Phi) is 3.75. The van der Waals surface area contributed by atoms with Gasteiger partial charge < -0.3 is 0 Å². The Morgan fingerprint density at radius 1 is 1.27 bits per heavy atom. The molecule has 0 atom stereocenters. The summed E-state index contributed by atoms with van der Waals surface area (Å²) in [7, 11) is -4.53. The van der Waals surface area contributed by atoms with Crippen LogP contribution < -0.4 is 0 Å². The minimum Gasteiger partial charge on any atom is -0.268 e. The van der Waals surface area contributed by atoms with Crippen molar-refractivity contribution in [2.45, 2.75) is 6.42 Å². The molecule has 0 radical (unpaired) electrons. The Balaban J connectivity index is 2.60. The van der Waals surface area contributed by atoms with E-state index in [-0.39, 0.29) is 11.0 Å². The highest BCUT2D eigenvalue weighted by atomic mass is 32.2. The number of nitrogens with zero attached hydrogens (tertiary/aromatic N) is 2. The largest absolute Gasteiger partial charge is 0.377 e. The molecule has 0 aliphatic rings. The van der Waals surface area contributed by atoms with E-state index in [0.29, 0.717) is 6.42 Å². The van der Waals surface area contributed by atoms with Crippen LogP contribution in [0.3, 0.4) is 0 Å². The molecule has 1 aromatic carbocycles. The maximum atomic E-state index is 10.6. The van der Waals surface area contributed by atoms with Crippen molar-refractivity contribution >= 4 is 10.3 Å². The van der Waals surface area contributed by atoms with Gasteiger partial charge in [0.15, 0.2) is 0 Å². The highest BCUT2D eigenvalue weighted by molar-refractivity contribution is 7.83. The van der Waals surface area contributed by atoms with Gasteiger partial charge in [0.05, 0.1) is 11.8 Å². The fourth-order valence-corrected chi connectivity index (χ4v) is 1.47. The lowest BCUT2D eigenvalue weighted by Gasteiger charge is -2.10. The summed E-state index contributed by atoms with van der Waals surface area (Å²) in [4.78, 5) is 10.1. The highest BCUT2D eigenvalue weighted by Crippen LogP contribution is 2.04. The summed E-state index contributed by atoms with van der Waals surface area (Å²) in [5.74, 6) is 0. The van der Waals surface area contributed by atoms with Gasteiger partial charge in [-0.2, -0.15) is 8.42 Å². The molecule has 0 unspecified atom stereocenters. The monoisotopic (exact) mass is 230 g/mol. The van der Waals surface area contributed by atoms with Crippen molar-refractivity contribution in [3.05, 3.63) is 40.8 Å². The third kappa shape index (κ3) is 3.64. The summed E-state index contributed by atoms with van der Waals surface area (Å²) in [6, 6.07) is 8.98. The van der Waals surface area contributed by atoms with Crippen LogP contribution in [-0.2, 0) is 16.7 Å². The molecule has 6 nitrogen and oxygen atoms in total. The number of nitroso groups, excluding NO2 is 1. The molecular weight excluding hydrogens is 220 g/mol. The first-order chi connectivity index (χ1) is 7.04. The molecule has 82 valence electrons. The molecule has 0 aliphatic carbocycles. The van der Waals surface area contributed by atoms with Gasteiger partial charge in [0.1, 0.15) is 0 Å². The number of hydrogen-bond donors (Lipinski definition) is 1. The fourth-order valence-electron chi connectivity index (χ4n) is 1.07. The van der Waals surface area contributed by atoms with E-state index in [2.05, 4.69) is 5.29 Å². The van der Waals surface area contributed by atoms with E-state index in [4.69, 9.17) is 4.55 Å². The molecule has 0 bridgehead atoms. The summed E-state index contributed by atoms with van der Waals surface area (Å²) in [6.45, 7) is -0.174. The first-order valence-electron chi connectivity index (χ1n) is 4.16. The molecule has 1 N–H and O–H groups in total. The van der Waals surface area contributed by atoms with Crippen molar-refractivity contribution in [2.75, 3.05) is 6.54 Å². The van der Waals surface area contributed by atoms with Gasteiger partial charge in [-0.15, -0.1) is 9.32 Å². The van der Waals surface area contributed by atoms with Gasteiger partial charge in [0.25, 0.3) is 0 Å². The number of rotatable bonds is 5. The third-order valence-electron chi connectivity index (χ3n) is 1.79. The first kappa shape index (κ1) is 11.6. The zero-order chi connectivity index (χ0) is 11.3. The van der Waals surface area contributed by atoms with Crippen molar-refractivity contribution in [2.24, 2.45) is 5.29 Å². The van der Waals surface area contributed by atoms with Crippen LogP contribution in [0, 0.1) is 4.91 Å². The van der Waals surface area contributed by atoms with Crippen LogP contribution in [0.25, 0.3) is 0 Å². The van der Waals surface area contributed by atoms with Crippen molar-refractivity contribution < 1.29 is 13.0 Å². The van der Waals surface area contributed by atoms with E-state index in [9.17, 15) is 13.3 Å². The number of hydrogen-bond acceptors (Lipinski definition) is 4. The molecule has 1 rings (SSSR count). The van der Waals surface area contributed by atoms with Crippen molar-refractivity contribution in [3.8, 4) is 0 Å². The summed E-state index contributed by atoms with van der Waals surface area (Å²) < 4.78 is 29.8. The summed E-state index contributed by atoms with van der Waals surface area (Å²) in [6.07, 6.45) is 0.312. The smallest absolute Gasteiger partial charge is 0.268 e. The molecule has 0 spiro atoms. The maximum absolute atomic E-state index is 10.6. The predicted molar refractivity (Wildman–Crippen MR) is 54.2 cm³/mol. The molecule has 0 saturated carbocycles. The SMILES string of the molecule is O=NN(CCc1ccccc1)S(=O)(=O)O. The first-order valence-corrected chi connectivity index (χ1v) is 5.56. The molecule has 0 heterocycles. The van der Waals surface area contributed by atoms with E-state index < -0.39 is 10.3 Å². The molecule has 0 saturated heterocycles.